The molecule has 0 unspecified atom stereocenters. The summed E-state index contributed by atoms with van der Waals surface area (Å²) in [5.41, 5.74) is 0.0683. The van der Waals surface area contributed by atoms with E-state index in [2.05, 4.69) is 21.2 Å². The van der Waals surface area contributed by atoms with Crippen LogP contribution in [-0.2, 0) is 4.79 Å². The standard InChI is InChI=1S/C14H10BrClFNO2/c15-9-1-4-11(5-2-9)20-8-14(19)18-13-6-3-10(16)7-12(13)17/h1-7H,8H2,(H,18,19). The van der Waals surface area contributed by atoms with Crippen molar-refractivity contribution in [2.75, 3.05) is 11.9 Å². The van der Waals surface area contributed by atoms with Crippen LogP contribution in [0, 0.1) is 5.82 Å². The highest BCUT2D eigenvalue weighted by Crippen LogP contribution is 2.19. The first-order valence-corrected chi connectivity index (χ1v) is 6.85. The smallest absolute Gasteiger partial charge is 0.262 e. The Morgan fingerprint density at radius 2 is 1.95 bits per heavy atom. The molecule has 0 aromatic heterocycles. The molecule has 2 aromatic rings. The maximum Gasteiger partial charge on any atom is 0.262 e. The van der Waals surface area contributed by atoms with Gasteiger partial charge in [0.15, 0.2) is 6.61 Å². The largest absolute Gasteiger partial charge is 0.484 e. The van der Waals surface area contributed by atoms with Gasteiger partial charge in [-0.15, -0.1) is 0 Å². The van der Waals surface area contributed by atoms with Gasteiger partial charge in [0.25, 0.3) is 5.91 Å². The molecule has 1 N–H and O–H groups in total. The van der Waals surface area contributed by atoms with Crippen molar-refractivity contribution in [2.45, 2.75) is 0 Å². The molecule has 0 saturated heterocycles. The van der Waals surface area contributed by atoms with Crippen LogP contribution < -0.4 is 10.1 Å². The van der Waals surface area contributed by atoms with E-state index in [9.17, 15) is 9.18 Å². The molecular weight excluding hydrogens is 349 g/mol. The zero-order chi connectivity index (χ0) is 14.5. The number of halogens is 3. The summed E-state index contributed by atoms with van der Waals surface area (Å²) >= 11 is 8.92. The minimum Gasteiger partial charge on any atom is -0.484 e. The summed E-state index contributed by atoms with van der Waals surface area (Å²) in [5, 5.41) is 2.68. The predicted octanol–water partition coefficient (Wildman–Crippen LogP) is 4.26. The Morgan fingerprint density at radius 1 is 1.25 bits per heavy atom. The van der Waals surface area contributed by atoms with E-state index in [-0.39, 0.29) is 17.3 Å². The number of nitrogens with one attached hydrogen (secondary N) is 1. The van der Waals surface area contributed by atoms with Crippen molar-refractivity contribution in [1.82, 2.24) is 0 Å². The molecule has 2 aromatic carbocycles. The average molecular weight is 359 g/mol. The van der Waals surface area contributed by atoms with Gasteiger partial charge in [-0.25, -0.2) is 4.39 Å². The summed E-state index contributed by atoms with van der Waals surface area (Å²) < 4.78 is 19.7. The summed E-state index contributed by atoms with van der Waals surface area (Å²) in [6.07, 6.45) is 0. The van der Waals surface area contributed by atoms with E-state index >= 15 is 0 Å². The summed E-state index contributed by atoms with van der Waals surface area (Å²) in [6.45, 7) is -0.205. The Kier molecular flexibility index (Phi) is 4.98. The molecular formula is C14H10BrClFNO2. The normalized spacial score (nSPS) is 10.2. The molecule has 2 rings (SSSR count). The number of rotatable bonds is 4. The number of benzene rings is 2. The number of carbonyl (C=O) groups is 1. The first-order chi connectivity index (χ1) is 9.54. The summed E-state index contributed by atoms with van der Waals surface area (Å²) in [7, 11) is 0. The number of hydrogen-bond acceptors (Lipinski definition) is 2. The monoisotopic (exact) mass is 357 g/mol. The summed E-state index contributed by atoms with van der Waals surface area (Å²) in [4.78, 5) is 11.6. The Bertz CT molecular complexity index is 619. The third-order valence-corrected chi connectivity index (χ3v) is 3.15. The van der Waals surface area contributed by atoms with E-state index in [0.29, 0.717) is 5.75 Å². The van der Waals surface area contributed by atoms with Gasteiger partial charge in [-0.3, -0.25) is 4.79 Å². The molecule has 3 nitrogen and oxygen atoms in total. The molecule has 0 heterocycles. The Hall–Kier alpha value is -1.59. The van der Waals surface area contributed by atoms with E-state index in [1.54, 1.807) is 24.3 Å². The van der Waals surface area contributed by atoms with Crippen LogP contribution in [0.4, 0.5) is 10.1 Å². The van der Waals surface area contributed by atoms with Gasteiger partial charge in [-0.05, 0) is 42.5 Å². The molecule has 0 radical (unpaired) electrons. The highest BCUT2D eigenvalue weighted by Gasteiger charge is 2.08. The third-order valence-electron chi connectivity index (χ3n) is 2.39. The van der Waals surface area contributed by atoms with Crippen molar-refractivity contribution in [3.8, 4) is 5.75 Å². The van der Waals surface area contributed by atoms with Gasteiger partial charge < -0.3 is 10.1 Å². The minimum atomic E-state index is -0.588. The molecule has 0 spiro atoms. The maximum absolute atomic E-state index is 13.5. The van der Waals surface area contributed by atoms with Crippen molar-refractivity contribution in [3.63, 3.8) is 0 Å². The molecule has 0 fully saturated rings. The minimum absolute atomic E-state index is 0.0683. The fourth-order valence-corrected chi connectivity index (χ4v) is 1.88. The van der Waals surface area contributed by atoms with Crippen LogP contribution in [0.15, 0.2) is 46.9 Å². The molecule has 1 amide bonds. The fraction of sp³-hybridized carbons (Fsp3) is 0.0714. The van der Waals surface area contributed by atoms with Gasteiger partial charge in [0.2, 0.25) is 0 Å². The van der Waals surface area contributed by atoms with E-state index < -0.39 is 11.7 Å². The number of amides is 1. The third kappa shape index (κ3) is 4.21. The second-order valence-corrected chi connectivity index (χ2v) is 5.27. The van der Waals surface area contributed by atoms with E-state index in [1.165, 1.54) is 12.1 Å². The molecule has 0 aliphatic heterocycles. The number of anilines is 1. The van der Waals surface area contributed by atoms with Gasteiger partial charge in [0.1, 0.15) is 11.6 Å². The van der Waals surface area contributed by atoms with Crippen LogP contribution in [0.5, 0.6) is 5.75 Å². The van der Waals surface area contributed by atoms with Crippen LogP contribution in [0.3, 0.4) is 0 Å². The molecule has 0 aliphatic rings. The molecule has 0 aliphatic carbocycles. The Labute approximate surface area is 128 Å². The number of ether oxygens (including phenoxy) is 1. The zero-order valence-corrected chi connectivity index (χ0v) is 12.5. The Morgan fingerprint density at radius 3 is 2.60 bits per heavy atom. The SMILES string of the molecule is O=C(COc1ccc(Br)cc1)Nc1ccc(Cl)cc1F. The van der Waals surface area contributed by atoms with Crippen LogP contribution in [0.1, 0.15) is 0 Å². The second-order valence-electron chi connectivity index (χ2n) is 3.91. The lowest BCUT2D eigenvalue weighted by Crippen LogP contribution is -2.20. The van der Waals surface area contributed by atoms with E-state index in [0.717, 1.165) is 10.5 Å². The second kappa shape index (κ2) is 6.72. The fourth-order valence-electron chi connectivity index (χ4n) is 1.46. The van der Waals surface area contributed by atoms with E-state index in [4.69, 9.17) is 16.3 Å². The van der Waals surface area contributed by atoms with E-state index in [1.807, 2.05) is 0 Å². The molecule has 104 valence electrons. The zero-order valence-electron chi connectivity index (χ0n) is 10.2. The highest BCUT2D eigenvalue weighted by molar-refractivity contribution is 9.10. The van der Waals surface area contributed by atoms with Crippen LogP contribution >= 0.6 is 27.5 Å². The molecule has 0 bridgehead atoms. The predicted molar refractivity (Wildman–Crippen MR) is 79.7 cm³/mol. The van der Waals surface area contributed by atoms with Crippen molar-refractivity contribution >= 4 is 39.1 Å². The van der Waals surface area contributed by atoms with Crippen LogP contribution in [0.2, 0.25) is 5.02 Å². The maximum atomic E-state index is 13.5. The first kappa shape index (κ1) is 14.8. The van der Waals surface area contributed by atoms with Gasteiger partial charge in [-0.1, -0.05) is 27.5 Å². The molecule has 0 saturated carbocycles. The average Bonchev–Trinajstić information content (AvgIpc) is 2.41. The van der Waals surface area contributed by atoms with Gasteiger partial charge in [-0.2, -0.15) is 0 Å². The quantitative estimate of drug-likeness (QED) is 0.887. The summed E-state index contributed by atoms with van der Waals surface area (Å²) in [5.74, 6) is -0.483. The first-order valence-electron chi connectivity index (χ1n) is 5.68. The Balaban J connectivity index is 1.90. The van der Waals surface area contributed by atoms with Crippen LogP contribution in [0.25, 0.3) is 0 Å². The number of hydrogen-bond donors (Lipinski definition) is 1. The van der Waals surface area contributed by atoms with Gasteiger partial charge in [0.05, 0.1) is 5.69 Å². The molecule has 0 atom stereocenters. The van der Waals surface area contributed by atoms with Crippen molar-refractivity contribution in [2.24, 2.45) is 0 Å². The van der Waals surface area contributed by atoms with Crippen LogP contribution in [-0.4, -0.2) is 12.5 Å². The van der Waals surface area contributed by atoms with Gasteiger partial charge >= 0.3 is 0 Å². The topological polar surface area (TPSA) is 38.3 Å². The summed E-state index contributed by atoms with van der Waals surface area (Å²) in [6, 6.07) is 11.1. The van der Waals surface area contributed by atoms with Crippen molar-refractivity contribution < 1.29 is 13.9 Å². The van der Waals surface area contributed by atoms with Crippen molar-refractivity contribution in [3.05, 3.63) is 57.8 Å². The molecule has 20 heavy (non-hydrogen) atoms. The highest BCUT2D eigenvalue weighted by atomic mass is 79.9. The lowest BCUT2D eigenvalue weighted by molar-refractivity contribution is -0.118. The van der Waals surface area contributed by atoms with Gasteiger partial charge in [0, 0.05) is 9.50 Å². The number of carbonyl (C=O) groups excluding carboxylic acids is 1. The molecule has 6 heteroatoms. The lowest BCUT2D eigenvalue weighted by Gasteiger charge is -2.08. The lowest BCUT2D eigenvalue weighted by atomic mass is 10.3. The van der Waals surface area contributed by atoms with Crippen molar-refractivity contribution in [1.29, 1.82) is 0 Å².